The fourth-order valence-corrected chi connectivity index (χ4v) is 4.43. The lowest BCUT2D eigenvalue weighted by Crippen LogP contribution is -2.50. The molecule has 0 saturated heterocycles. The van der Waals surface area contributed by atoms with Crippen LogP contribution in [0.1, 0.15) is 32.3 Å². The molecule has 1 amide bonds. The Kier molecular flexibility index (Phi) is 5.72. The molecule has 2 atom stereocenters. The Morgan fingerprint density at radius 1 is 1.29 bits per heavy atom. The lowest BCUT2D eigenvalue weighted by Gasteiger charge is -2.45. The number of hydrogen-bond donors (Lipinski definition) is 1. The van der Waals surface area contributed by atoms with Crippen molar-refractivity contribution in [3.05, 3.63) is 57.8 Å². The number of benzene rings is 1. The van der Waals surface area contributed by atoms with Crippen LogP contribution in [0.3, 0.4) is 0 Å². The van der Waals surface area contributed by atoms with E-state index in [1.807, 2.05) is 0 Å². The number of nitriles is 3. The van der Waals surface area contributed by atoms with E-state index in [1.165, 1.54) is 4.90 Å². The molecule has 0 unspecified atom stereocenters. The van der Waals surface area contributed by atoms with Crippen LogP contribution >= 0.6 is 11.6 Å². The summed E-state index contributed by atoms with van der Waals surface area (Å²) in [4.78, 5) is 14.2. The number of ether oxygens (including phenoxy) is 1. The second-order valence-corrected chi connectivity index (χ2v) is 9.05. The summed E-state index contributed by atoms with van der Waals surface area (Å²) in [7, 11) is 0. The SMILES string of the molecule is CC(C)(C)OC(=O)N1CC=C2C(C#N)=C(N)C(C#N)(C#N)[C@@H](c3cccc(Cl)c3)[C@@H]2C1. The molecule has 158 valence electrons. The Labute approximate surface area is 186 Å². The molecular formula is C23H22ClN5O2. The number of nitrogens with zero attached hydrogens (tertiary/aromatic N) is 4. The first-order valence-corrected chi connectivity index (χ1v) is 10.1. The number of allylic oxidation sites excluding steroid dienone is 2. The second-order valence-electron chi connectivity index (χ2n) is 8.62. The van der Waals surface area contributed by atoms with Crippen molar-refractivity contribution in [3.63, 3.8) is 0 Å². The molecule has 1 aliphatic carbocycles. The van der Waals surface area contributed by atoms with Crippen LogP contribution in [-0.2, 0) is 4.74 Å². The summed E-state index contributed by atoms with van der Waals surface area (Å²) in [5.74, 6) is -1.24. The highest BCUT2D eigenvalue weighted by Gasteiger charge is 2.54. The van der Waals surface area contributed by atoms with Crippen molar-refractivity contribution in [3.8, 4) is 18.2 Å². The first kappa shape index (κ1) is 22.2. The molecule has 0 spiro atoms. The summed E-state index contributed by atoms with van der Waals surface area (Å²) < 4.78 is 5.50. The number of amides is 1. The van der Waals surface area contributed by atoms with Crippen LogP contribution < -0.4 is 5.73 Å². The molecule has 31 heavy (non-hydrogen) atoms. The van der Waals surface area contributed by atoms with Gasteiger partial charge in [-0.1, -0.05) is 29.8 Å². The molecule has 1 aromatic carbocycles. The normalized spacial score (nSPS) is 22.4. The summed E-state index contributed by atoms with van der Waals surface area (Å²) in [5, 5.41) is 30.4. The summed E-state index contributed by atoms with van der Waals surface area (Å²) in [6, 6.07) is 13.1. The molecule has 3 rings (SSSR count). The van der Waals surface area contributed by atoms with Crippen molar-refractivity contribution in [2.24, 2.45) is 17.1 Å². The summed E-state index contributed by atoms with van der Waals surface area (Å²) >= 11 is 6.20. The van der Waals surface area contributed by atoms with Gasteiger partial charge in [-0.15, -0.1) is 0 Å². The van der Waals surface area contributed by atoms with Gasteiger partial charge >= 0.3 is 6.09 Å². The summed E-state index contributed by atoms with van der Waals surface area (Å²) in [6.45, 7) is 5.73. The van der Waals surface area contributed by atoms with Gasteiger partial charge in [0.05, 0.1) is 23.4 Å². The molecule has 0 bridgehead atoms. The van der Waals surface area contributed by atoms with Crippen LogP contribution in [0.15, 0.2) is 47.2 Å². The smallest absolute Gasteiger partial charge is 0.410 e. The van der Waals surface area contributed by atoms with Crippen molar-refractivity contribution < 1.29 is 9.53 Å². The van der Waals surface area contributed by atoms with E-state index in [0.29, 0.717) is 16.2 Å². The van der Waals surface area contributed by atoms with E-state index in [-0.39, 0.29) is 24.4 Å². The predicted octanol–water partition coefficient (Wildman–Crippen LogP) is 4.00. The Bertz CT molecular complexity index is 1100. The summed E-state index contributed by atoms with van der Waals surface area (Å²) in [6.07, 6.45) is 1.24. The Balaban J connectivity index is 2.19. The topological polar surface area (TPSA) is 127 Å². The van der Waals surface area contributed by atoms with Gasteiger partial charge in [0.1, 0.15) is 11.7 Å². The van der Waals surface area contributed by atoms with Gasteiger partial charge < -0.3 is 15.4 Å². The largest absolute Gasteiger partial charge is 0.444 e. The summed E-state index contributed by atoms with van der Waals surface area (Å²) in [5.41, 5.74) is 5.13. The van der Waals surface area contributed by atoms with Crippen molar-refractivity contribution in [2.45, 2.75) is 32.3 Å². The van der Waals surface area contributed by atoms with Crippen molar-refractivity contribution >= 4 is 17.7 Å². The van der Waals surface area contributed by atoms with Gasteiger partial charge in [0.2, 0.25) is 0 Å². The van der Waals surface area contributed by atoms with Crippen LogP contribution in [0, 0.1) is 45.3 Å². The predicted molar refractivity (Wildman–Crippen MR) is 114 cm³/mol. The lowest BCUT2D eigenvalue weighted by atomic mass is 9.58. The lowest BCUT2D eigenvalue weighted by molar-refractivity contribution is 0.0224. The number of rotatable bonds is 1. The highest BCUT2D eigenvalue weighted by molar-refractivity contribution is 6.30. The van der Waals surface area contributed by atoms with Gasteiger partial charge in [-0.25, -0.2) is 4.79 Å². The molecular weight excluding hydrogens is 414 g/mol. The molecule has 1 aliphatic heterocycles. The molecule has 0 fully saturated rings. The number of halogens is 1. The fourth-order valence-electron chi connectivity index (χ4n) is 4.23. The van der Waals surface area contributed by atoms with E-state index in [2.05, 4.69) is 18.2 Å². The molecule has 2 N–H and O–H groups in total. The quantitative estimate of drug-likeness (QED) is 0.710. The molecule has 1 heterocycles. The zero-order valence-corrected chi connectivity index (χ0v) is 18.3. The third-order valence-electron chi connectivity index (χ3n) is 5.52. The molecule has 0 aromatic heterocycles. The van der Waals surface area contributed by atoms with Gasteiger partial charge in [0, 0.05) is 29.9 Å². The van der Waals surface area contributed by atoms with Gasteiger partial charge in [-0.2, -0.15) is 15.8 Å². The standard InChI is InChI=1S/C23H22ClN5O2/c1-22(2,3)31-21(30)29-8-7-16-17(10-25)20(28)23(12-26,13-27)19(18(16)11-29)14-5-4-6-15(24)9-14/h4-7,9,18-19H,8,11,28H2,1-3H3/t18-,19+/m1/s1. The number of fused-ring (bicyclic) bond motifs is 1. The minimum atomic E-state index is -1.78. The maximum absolute atomic E-state index is 12.7. The van der Waals surface area contributed by atoms with Crippen LogP contribution in [0.5, 0.6) is 0 Å². The van der Waals surface area contributed by atoms with Crippen LogP contribution in [-0.4, -0.2) is 29.7 Å². The Morgan fingerprint density at radius 3 is 2.52 bits per heavy atom. The van der Waals surface area contributed by atoms with E-state index in [1.54, 1.807) is 51.1 Å². The number of nitrogens with two attached hydrogens (primary N) is 1. The van der Waals surface area contributed by atoms with Gasteiger partial charge in [0.15, 0.2) is 5.41 Å². The molecule has 0 saturated carbocycles. The third-order valence-corrected chi connectivity index (χ3v) is 5.76. The van der Waals surface area contributed by atoms with Crippen LogP contribution in [0.25, 0.3) is 0 Å². The van der Waals surface area contributed by atoms with E-state index < -0.39 is 28.9 Å². The minimum absolute atomic E-state index is 0.0711. The molecule has 1 aromatic rings. The average molecular weight is 436 g/mol. The van der Waals surface area contributed by atoms with Gasteiger partial charge in [-0.3, -0.25) is 0 Å². The fraction of sp³-hybridized carbons (Fsp3) is 0.391. The monoisotopic (exact) mass is 435 g/mol. The van der Waals surface area contributed by atoms with E-state index in [0.717, 1.165) is 0 Å². The number of carbonyl (C=O) groups is 1. The first-order chi connectivity index (χ1) is 14.6. The number of carbonyl (C=O) groups excluding carboxylic acids is 1. The van der Waals surface area contributed by atoms with E-state index in [9.17, 15) is 20.6 Å². The van der Waals surface area contributed by atoms with Gasteiger partial charge in [0.25, 0.3) is 0 Å². The average Bonchev–Trinajstić information content (AvgIpc) is 2.71. The Morgan fingerprint density at radius 2 is 1.97 bits per heavy atom. The highest BCUT2D eigenvalue weighted by atomic mass is 35.5. The van der Waals surface area contributed by atoms with Crippen LogP contribution in [0.2, 0.25) is 5.02 Å². The second kappa shape index (κ2) is 7.99. The van der Waals surface area contributed by atoms with Crippen molar-refractivity contribution in [1.29, 1.82) is 15.8 Å². The number of hydrogen-bond acceptors (Lipinski definition) is 6. The van der Waals surface area contributed by atoms with Gasteiger partial charge in [-0.05, 0) is 44.0 Å². The van der Waals surface area contributed by atoms with E-state index in [4.69, 9.17) is 22.1 Å². The zero-order valence-electron chi connectivity index (χ0n) is 17.5. The highest BCUT2D eigenvalue weighted by Crippen LogP contribution is 2.54. The molecule has 0 radical (unpaired) electrons. The third kappa shape index (κ3) is 3.83. The molecule has 7 nitrogen and oxygen atoms in total. The maximum atomic E-state index is 12.7. The molecule has 8 heteroatoms. The maximum Gasteiger partial charge on any atom is 0.410 e. The minimum Gasteiger partial charge on any atom is -0.444 e. The van der Waals surface area contributed by atoms with Crippen LogP contribution in [0.4, 0.5) is 4.79 Å². The van der Waals surface area contributed by atoms with E-state index >= 15 is 0 Å². The van der Waals surface area contributed by atoms with Crippen molar-refractivity contribution in [2.75, 3.05) is 13.1 Å². The zero-order chi connectivity index (χ0) is 23.0. The first-order valence-electron chi connectivity index (χ1n) is 9.74. The van der Waals surface area contributed by atoms with Crippen molar-refractivity contribution in [1.82, 2.24) is 4.90 Å². The molecule has 2 aliphatic rings. The Hall–Kier alpha value is -3.47.